The number of benzene rings is 2. The number of hydrogen-bond donors (Lipinski definition) is 2. The van der Waals surface area contributed by atoms with Crippen LogP contribution in [0.25, 0.3) is 0 Å². The van der Waals surface area contributed by atoms with Crippen molar-refractivity contribution in [2.75, 3.05) is 17.2 Å². The highest BCUT2D eigenvalue weighted by Crippen LogP contribution is 2.20. The Morgan fingerprint density at radius 1 is 1.05 bits per heavy atom. The van der Waals surface area contributed by atoms with Gasteiger partial charge in [-0.25, -0.2) is 0 Å². The van der Waals surface area contributed by atoms with E-state index in [1.54, 1.807) is 6.07 Å². The summed E-state index contributed by atoms with van der Waals surface area (Å²) in [5.41, 5.74) is 3.83. The summed E-state index contributed by atoms with van der Waals surface area (Å²) < 4.78 is 0. The molecule has 2 aromatic carbocycles. The van der Waals surface area contributed by atoms with Crippen LogP contribution < -0.4 is 10.6 Å². The number of anilines is 2. The summed E-state index contributed by atoms with van der Waals surface area (Å²) in [6.07, 6.45) is 0. The van der Waals surface area contributed by atoms with Gasteiger partial charge in [0.1, 0.15) is 0 Å². The molecule has 0 unspecified atom stereocenters. The summed E-state index contributed by atoms with van der Waals surface area (Å²) in [5, 5.41) is 6.52. The third kappa shape index (κ3) is 3.52. The van der Waals surface area contributed by atoms with Crippen LogP contribution in [0.5, 0.6) is 0 Å². The second kappa shape index (κ2) is 6.44. The Morgan fingerprint density at radius 2 is 1.75 bits per heavy atom. The molecule has 0 radical (unpaired) electrons. The number of hydrogen-bond acceptors (Lipinski definition) is 2. The molecule has 104 valence electrons. The first-order valence-electron chi connectivity index (χ1n) is 6.42. The molecule has 0 aliphatic heterocycles. The lowest BCUT2D eigenvalue weighted by Crippen LogP contribution is -2.22. The molecule has 3 nitrogen and oxygen atoms in total. The van der Waals surface area contributed by atoms with Crippen molar-refractivity contribution in [1.29, 1.82) is 0 Å². The lowest BCUT2D eigenvalue weighted by molar-refractivity contribution is -0.114. The molecule has 2 N–H and O–H groups in total. The summed E-state index contributed by atoms with van der Waals surface area (Å²) in [6.45, 7) is 4.19. The van der Waals surface area contributed by atoms with Crippen LogP contribution in [0.3, 0.4) is 0 Å². The van der Waals surface area contributed by atoms with Crippen LogP contribution in [0.4, 0.5) is 11.4 Å². The predicted octanol–water partition coefficient (Wildman–Crippen LogP) is 4.01. The fourth-order valence-electron chi connectivity index (χ4n) is 1.86. The van der Waals surface area contributed by atoms with Crippen LogP contribution in [0.1, 0.15) is 11.1 Å². The van der Waals surface area contributed by atoms with E-state index < -0.39 is 0 Å². The Hall–Kier alpha value is -2.00. The van der Waals surface area contributed by atoms with Gasteiger partial charge in [-0.05, 0) is 43.2 Å². The molecule has 0 fully saturated rings. The standard InChI is InChI=1S/C16H17ClN2O/c1-11-6-5-9-14(12(11)2)19-16(20)10-18-15-8-4-3-7-13(15)17/h3-9,18H,10H2,1-2H3,(H,19,20). The molecule has 0 aromatic heterocycles. The van der Waals surface area contributed by atoms with E-state index in [0.717, 1.165) is 22.5 Å². The zero-order valence-electron chi connectivity index (χ0n) is 11.5. The monoisotopic (exact) mass is 288 g/mol. The van der Waals surface area contributed by atoms with Crippen LogP contribution in [-0.4, -0.2) is 12.5 Å². The Balaban J connectivity index is 1.96. The van der Waals surface area contributed by atoms with Gasteiger partial charge in [-0.3, -0.25) is 4.79 Å². The number of para-hydroxylation sites is 1. The molecule has 0 bridgehead atoms. The fourth-order valence-corrected chi connectivity index (χ4v) is 2.06. The van der Waals surface area contributed by atoms with Crippen molar-refractivity contribution in [2.24, 2.45) is 0 Å². The van der Waals surface area contributed by atoms with Crippen molar-refractivity contribution in [3.05, 3.63) is 58.6 Å². The van der Waals surface area contributed by atoms with Gasteiger partial charge in [-0.15, -0.1) is 0 Å². The topological polar surface area (TPSA) is 41.1 Å². The van der Waals surface area contributed by atoms with Crippen molar-refractivity contribution >= 4 is 28.9 Å². The molecule has 0 atom stereocenters. The molecule has 4 heteroatoms. The largest absolute Gasteiger partial charge is 0.375 e. The third-order valence-electron chi connectivity index (χ3n) is 3.19. The highest BCUT2D eigenvalue weighted by Gasteiger charge is 2.06. The van der Waals surface area contributed by atoms with Crippen molar-refractivity contribution in [3.8, 4) is 0 Å². The number of aryl methyl sites for hydroxylation is 1. The second-order valence-corrected chi connectivity index (χ2v) is 5.04. The van der Waals surface area contributed by atoms with Gasteiger partial charge >= 0.3 is 0 Å². The molecule has 0 aliphatic rings. The van der Waals surface area contributed by atoms with Crippen molar-refractivity contribution in [2.45, 2.75) is 13.8 Å². The van der Waals surface area contributed by atoms with Gasteiger partial charge in [0.15, 0.2) is 0 Å². The molecular formula is C16H17ClN2O. The van der Waals surface area contributed by atoms with Crippen molar-refractivity contribution < 1.29 is 4.79 Å². The number of carbonyl (C=O) groups excluding carboxylic acids is 1. The molecule has 0 saturated carbocycles. The quantitative estimate of drug-likeness (QED) is 0.892. The van der Waals surface area contributed by atoms with Gasteiger partial charge in [-0.1, -0.05) is 35.9 Å². The first kappa shape index (κ1) is 14.4. The fraction of sp³-hybridized carbons (Fsp3) is 0.188. The van der Waals surface area contributed by atoms with Crippen molar-refractivity contribution in [3.63, 3.8) is 0 Å². The highest BCUT2D eigenvalue weighted by molar-refractivity contribution is 6.33. The van der Waals surface area contributed by atoms with Crippen molar-refractivity contribution in [1.82, 2.24) is 0 Å². The van der Waals surface area contributed by atoms with E-state index in [-0.39, 0.29) is 12.5 Å². The van der Waals surface area contributed by atoms with E-state index in [1.165, 1.54) is 0 Å². The van der Waals surface area contributed by atoms with E-state index >= 15 is 0 Å². The Kier molecular flexibility index (Phi) is 4.64. The lowest BCUT2D eigenvalue weighted by atomic mass is 10.1. The maximum absolute atomic E-state index is 11.9. The Bertz CT molecular complexity index is 626. The molecule has 20 heavy (non-hydrogen) atoms. The molecule has 0 saturated heterocycles. The van der Waals surface area contributed by atoms with Crippen LogP contribution in [0.2, 0.25) is 5.02 Å². The lowest BCUT2D eigenvalue weighted by Gasteiger charge is -2.12. The van der Waals surface area contributed by atoms with Gasteiger partial charge in [-0.2, -0.15) is 0 Å². The van der Waals surface area contributed by atoms with Crippen LogP contribution in [-0.2, 0) is 4.79 Å². The highest BCUT2D eigenvalue weighted by atomic mass is 35.5. The van der Waals surface area contributed by atoms with E-state index in [0.29, 0.717) is 5.02 Å². The summed E-state index contributed by atoms with van der Waals surface area (Å²) >= 11 is 6.02. The average Bonchev–Trinajstić information content (AvgIpc) is 2.43. The maximum Gasteiger partial charge on any atom is 0.243 e. The molecular weight excluding hydrogens is 272 g/mol. The second-order valence-electron chi connectivity index (χ2n) is 4.63. The van der Waals surface area contributed by atoms with E-state index in [2.05, 4.69) is 10.6 Å². The van der Waals surface area contributed by atoms with E-state index in [4.69, 9.17) is 11.6 Å². The van der Waals surface area contributed by atoms with Gasteiger partial charge < -0.3 is 10.6 Å². The average molecular weight is 289 g/mol. The van der Waals surface area contributed by atoms with E-state index in [1.807, 2.05) is 50.2 Å². The van der Waals surface area contributed by atoms with Gasteiger partial charge in [0.05, 0.1) is 17.3 Å². The zero-order chi connectivity index (χ0) is 14.5. The summed E-state index contributed by atoms with van der Waals surface area (Å²) in [7, 11) is 0. The van der Waals surface area contributed by atoms with Crippen LogP contribution in [0.15, 0.2) is 42.5 Å². The number of carbonyl (C=O) groups is 1. The number of halogens is 1. The van der Waals surface area contributed by atoms with Gasteiger partial charge in [0.25, 0.3) is 0 Å². The first-order valence-corrected chi connectivity index (χ1v) is 6.80. The van der Waals surface area contributed by atoms with Crippen LogP contribution >= 0.6 is 11.6 Å². The summed E-state index contributed by atoms with van der Waals surface area (Å²) in [5.74, 6) is -0.0985. The minimum absolute atomic E-state index is 0.0985. The predicted molar refractivity (Wildman–Crippen MR) is 84.5 cm³/mol. The zero-order valence-corrected chi connectivity index (χ0v) is 12.3. The molecule has 0 aliphatic carbocycles. The molecule has 1 amide bonds. The minimum atomic E-state index is -0.0985. The molecule has 0 spiro atoms. The smallest absolute Gasteiger partial charge is 0.243 e. The third-order valence-corrected chi connectivity index (χ3v) is 3.52. The SMILES string of the molecule is Cc1cccc(NC(=O)CNc2ccccc2Cl)c1C. The van der Waals surface area contributed by atoms with Gasteiger partial charge in [0.2, 0.25) is 5.91 Å². The molecule has 2 aromatic rings. The molecule has 2 rings (SSSR count). The number of amides is 1. The van der Waals surface area contributed by atoms with E-state index in [9.17, 15) is 4.79 Å². The minimum Gasteiger partial charge on any atom is -0.375 e. The summed E-state index contributed by atoms with van der Waals surface area (Å²) in [6, 6.07) is 13.2. The maximum atomic E-state index is 11.9. The molecule has 0 heterocycles. The normalized spacial score (nSPS) is 10.2. The first-order chi connectivity index (χ1) is 9.58. The number of rotatable bonds is 4. The Labute approximate surface area is 124 Å². The summed E-state index contributed by atoms with van der Waals surface area (Å²) in [4.78, 5) is 11.9. The Morgan fingerprint density at radius 3 is 2.50 bits per heavy atom. The van der Waals surface area contributed by atoms with Crippen LogP contribution in [0, 0.1) is 13.8 Å². The number of nitrogens with one attached hydrogen (secondary N) is 2. The van der Waals surface area contributed by atoms with Gasteiger partial charge in [0, 0.05) is 5.69 Å².